The first kappa shape index (κ1) is 5.99. The highest BCUT2D eigenvalue weighted by Gasteiger charge is 1.90. The lowest BCUT2D eigenvalue weighted by Gasteiger charge is -1.85. The molecule has 0 radical (unpaired) electrons. The molecule has 0 aliphatic heterocycles. The van der Waals surface area contributed by atoms with Gasteiger partial charge in [-0.3, -0.25) is 4.98 Å². The largest absolute Gasteiger partial charge is 0.258 e. The zero-order valence-electron chi connectivity index (χ0n) is 4.37. The molecule has 1 rings (SSSR count). The molecule has 0 aliphatic rings. The van der Waals surface area contributed by atoms with E-state index in [9.17, 15) is 0 Å². The van der Waals surface area contributed by atoms with Crippen LogP contribution >= 0.6 is 11.6 Å². The number of halogens is 1. The monoisotopic (exact) mass is 139 g/mol. The van der Waals surface area contributed by atoms with Gasteiger partial charge in [0.2, 0.25) is 0 Å². The van der Waals surface area contributed by atoms with Crippen LogP contribution in [0.15, 0.2) is 12.4 Å². The van der Waals surface area contributed by atoms with E-state index in [2.05, 4.69) is 9.97 Å². The molecule has 3 nitrogen and oxygen atoms in total. The summed E-state index contributed by atoms with van der Waals surface area (Å²) in [5, 5.41) is 8.50. The van der Waals surface area contributed by atoms with Crippen LogP contribution in [0.5, 0.6) is 0 Å². The van der Waals surface area contributed by atoms with Gasteiger partial charge in [0.05, 0.1) is 12.4 Å². The highest BCUT2D eigenvalue weighted by atomic mass is 35.5. The number of nitrogens with zero attached hydrogens (tertiary/aromatic N) is 3. The molecule has 0 spiro atoms. The van der Waals surface area contributed by atoms with Gasteiger partial charge in [-0.1, -0.05) is 11.6 Å². The lowest BCUT2D eigenvalue weighted by molar-refractivity contribution is 1.16. The summed E-state index contributed by atoms with van der Waals surface area (Å²) in [7, 11) is 0. The van der Waals surface area contributed by atoms with E-state index in [1.807, 2.05) is 6.07 Å². The van der Waals surface area contributed by atoms with Crippen molar-refractivity contribution in [2.24, 2.45) is 0 Å². The topological polar surface area (TPSA) is 49.6 Å². The summed E-state index contributed by atoms with van der Waals surface area (Å²) in [6.07, 6.45) is 2.73. The number of rotatable bonds is 0. The van der Waals surface area contributed by atoms with Gasteiger partial charge in [-0.05, 0) is 0 Å². The molecule has 0 saturated heterocycles. The standard InChI is InChI=1S/C5H2ClN3/c6-5-3-8-2-4(1-7)9-5/h2-3H. The molecule has 1 aromatic heterocycles. The average Bonchev–Trinajstić information content (AvgIpc) is 1.88. The van der Waals surface area contributed by atoms with Gasteiger partial charge < -0.3 is 0 Å². The summed E-state index contributed by atoms with van der Waals surface area (Å²) in [5.74, 6) is 0. The predicted molar refractivity (Wildman–Crippen MR) is 31.8 cm³/mol. The third kappa shape index (κ3) is 1.37. The Morgan fingerprint density at radius 1 is 1.56 bits per heavy atom. The Morgan fingerprint density at radius 3 is 2.78 bits per heavy atom. The third-order valence-corrected chi connectivity index (χ3v) is 0.902. The molecule has 0 aromatic carbocycles. The smallest absolute Gasteiger partial charge is 0.160 e. The second-order valence-corrected chi connectivity index (χ2v) is 1.73. The van der Waals surface area contributed by atoms with E-state index in [1.165, 1.54) is 12.4 Å². The van der Waals surface area contributed by atoms with Crippen LogP contribution in [-0.2, 0) is 0 Å². The van der Waals surface area contributed by atoms with Crippen molar-refractivity contribution in [1.29, 1.82) is 5.26 Å². The van der Waals surface area contributed by atoms with Crippen molar-refractivity contribution in [3.8, 4) is 6.07 Å². The van der Waals surface area contributed by atoms with Crippen LogP contribution in [-0.4, -0.2) is 9.97 Å². The van der Waals surface area contributed by atoms with E-state index in [1.54, 1.807) is 0 Å². The Morgan fingerprint density at radius 2 is 2.33 bits per heavy atom. The fourth-order valence-corrected chi connectivity index (χ4v) is 0.543. The molecule has 1 heterocycles. The molecule has 0 unspecified atom stereocenters. The van der Waals surface area contributed by atoms with Crippen molar-refractivity contribution in [2.45, 2.75) is 0 Å². The van der Waals surface area contributed by atoms with Crippen LogP contribution in [0.1, 0.15) is 5.69 Å². The van der Waals surface area contributed by atoms with Crippen LogP contribution < -0.4 is 0 Å². The second kappa shape index (κ2) is 2.42. The van der Waals surface area contributed by atoms with Gasteiger partial charge in [-0.25, -0.2) is 4.98 Å². The van der Waals surface area contributed by atoms with E-state index >= 15 is 0 Å². The SMILES string of the molecule is N#Cc1cncc(Cl)n1. The lowest BCUT2D eigenvalue weighted by atomic mass is 10.5. The molecule has 1 aromatic rings. The van der Waals surface area contributed by atoms with Crippen LogP contribution in [0.3, 0.4) is 0 Å². The summed E-state index contributed by atoms with van der Waals surface area (Å²) >= 11 is 5.40. The summed E-state index contributed by atoms with van der Waals surface area (Å²) < 4.78 is 0. The number of nitriles is 1. The minimum absolute atomic E-state index is 0.238. The second-order valence-electron chi connectivity index (χ2n) is 1.34. The zero-order chi connectivity index (χ0) is 6.69. The Hall–Kier alpha value is -1.14. The maximum absolute atomic E-state index is 8.25. The van der Waals surface area contributed by atoms with Crippen molar-refractivity contribution >= 4 is 11.6 Å². The van der Waals surface area contributed by atoms with Crippen molar-refractivity contribution in [2.75, 3.05) is 0 Å². The summed E-state index contributed by atoms with van der Waals surface area (Å²) in [6.45, 7) is 0. The average molecular weight is 140 g/mol. The van der Waals surface area contributed by atoms with E-state index in [-0.39, 0.29) is 10.8 Å². The van der Waals surface area contributed by atoms with Crippen molar-refractivity contribution < 1.29 is 0 Å². The fraction of sp³-hybridized carbons (Fsp3) is 0. The van der Waals surface area contributed by atoms with E-state index in [4.69, 9.17) is 16.9 Å². The Bertz CT molecular complexity index is 253. The normalized spacial score (nSPS) is 8.44. The molecule has 0 N–H and O–H groups in total. The predicted octanol–water partition coefficient (Wildman–Crippen LogP) is 1.00. The Kier molecular flexibility index (Phi) is 1.61. The Balaban J connectivity index is 3.12. The van der Waals surface area contributed by atoms with E-state index in [0.717, 1.165) is 0 Å². The molecule has 44 valence electrons. The molecule has 4 heteroatoms. The van der Waals surface area contributed by atoms with Crippen LogP contribution in [0.2, 0.25) is 5.15 Å². The maximum atomic E-state index is 8.25. The molecule has 0 aliphatic carbocycles. The van der Waals surface area contributed by atoms with Crippen molar-refractivity contribution in [3.05, 3.63) is 23.2 Å². The zero-order valence-corrected chi connectivity index (χ0v) is 5.13. The Labute approximate surface area is 56.9 Å². The van der Waals surface area contributed by atoms with Crippen LogP contribution in [0.4, 0.5) is 0 Å². The number of hydrogen-bond acceptors (Lipinski definition) is 3. The van der Waals surface area contributed by atoms with Crippen molar-refractivity contribution in [1.82, 2.24) is 9.97 Å². The quantitative estimate of drug-likeness (QED) is 0.539. The van der Waals surface area contributed by atoms with E-state index < -0.39 is 0 Å². The van der Waals surface area contributed by atoms with Gasteiger partial charge in [0, 0.05) is 0 Å². The number of hydrogen-bond donors (Lipinski definition) is 0. The molecule has 9 heavy (non-hydrogen) atoms. The molecule has 0 fully saturated rings. The van der Waals surface area contributed by atoms with Gasteiger partial charge in [0.1, 0.15) is 11.2 Å². The van der Waals surface area contributed by atoms with Gasteiger partial charge in [0.15, 0.2) is 5.69 Å². The lowest BCUT2D eigenvalue weighted by Crippen LogP contribution is -1.83. The molecule has 0 bridgehead atoms. The first-order valence-corrected chi connectivity index (χ1v) is 2.58. The first-order valence-electron chi connectivity index (χ1n) is 2.20. The summed E-state index contributed by atoms with van der Waals surface area (Å²) in [5.41, 5.74) is 0.238. The molecule has 0 atom stereocenters. The maximum Gasteiger partial charge on any atom is 0.160 e. The van der Waals surface area contributed by atoms with Crippen molar-refractivity contribution in [3.63, 3.8) is 0 Å². The summed E-state index contributed by atoms with van der Waals surface area (Å²) in [4.78, 5) is 7.27. The highest BCUT2D eigenvalue weighted by molar-refractivity contribution is 6.29. The summed E-state index contributed by atoms with van der Waals surface area (Å²) in [6, 6.07) is 1.81. The number of aromatic nitrogens is 2. The molecule has 0 amide bonds. The third-order valence-electron chi connectivity index (χ3n) is 0.720. The van der Waals surface area contributed by atoms with Crippen LogP contribution in [0.25, 0.3) is 0 Å². The molecular weight excluding hydrogens is 138 g/mol. The minimum atomic E-state index is 0.238. The fourth-order valence-electron chi connectivity index (χ4n) is 0.396. The van der Waals surface area contributed by atoms with E-state index in [0.29, 0.717) is 0 Å². The van der Waals surface area contributed by atoms with Gasteiger partial charge in [-0.2, -0.15) is 5.26 Å². The van der Waals surface area contributed by atoms with Gasteiger partial charge in [-0.15, -0.1) is 0 Å². The highest BCUT2D eigenvalue weighted by Crippen LogP contribution is 2.00. The molecular formula is C5H2ClN3. The van der Waals surface area contributed by atoms with Gasteiger partial charge >= 0.3 is 0 Å². The first-order chi connectivity index (χ1) is 4.33. The van der Waals surface area contributed by atoms with Gasteiger partial charge in [0.25, 0.3) is 0 Å². The molecule has 0 saturated carbocycles. The minimum Gasteiger partial charge on any atom is -0.258 e. The van der Waals surface area contributed by atoms with Crippen LogP contribution in [0, 0.1) is 11.3 Å².